The van der Waals surface area contributed by atoms with Gasteiger partial charge in [0.25, 0.3) is 0 Å². The lowest BCUT2D eigenvalue weighted by molar-refractivity contribution is 0.742. The molecule has 0 aliphatic carbocycles. The SMILES string of the molecule is CCCN(CCC)c1ccc2nc(CCN)cn2c1. The van der Waals surface area contributed by atoms with E-state index >= 15 is 0 Å². The van der Waals surface area contributed by atoms with Crippen molar-refractivity contribution in [3.05, 3.63) is 30.2 Å². The van der Waals surface area contributed by atoms with Gasteiger partial charge in [0.2, 0.25) is 0 Å². The monoisotopic (exact) mass is 260 g/mol. The second-order valence-corrected chi connectivity index (χ2v) is 4.91. The topological polar surface area (TPSA) is 46.6 Å². The van der Waals surface area contributed by atoms with E-state index in [0.29, 0.717) is 6.54 Å². The van der Waals surface area contributed by atoms with Crippen LogP contribution < -0.4 is 10.6 Å². The van der Waals surface area contributed by atoms with Gasteiger partial charge in [-0.15, -0.1) is 0 Å². The molecule has 0 aliphatic rings. The summed E-state index contributed by atoms with van der Waals surface area (Å²) >= 11 is 0. The van der Waals surface area contributed by atoms with Gasteiger partial charge in [0.05, 0.1) is 11.4 Å². The number of hydrogen-bond donors (Lipinski definition) is 1. The highest BCUT2D eigenvalue weighted by Gasteiger charge is 2.07. The third kappa shape index (κ3) is 3.26. The highest BCUT2D eigenvalue weighted by molar-refractivity contribution is 5.52. The first-order chi connectivity index (χ1) is 9.28. The molecule has 2 heterocycles. The second kappa shape index (κ2) is 6.57. The molecule has 0 radical (unpaired) electrons. The molecule has 2 aromatic rings. The van der Waals surface area contributed by atoms with Gasteiger partial charge in [-0.2, -0.15) is 0 Å². The summed E-state index contributed by atoms with van der Waals surface area (Å²) in [6, 6.07) is 4.26. The summed E-state index contributed by atoms with van der Waals surface area (Å²) in [4.78, 5) is 6.99. The molecule has 2 N–H and O–H groups in total. The summed E-state index contributed by atoms with van der Waals surface area (Å²) in [6.45, 7) is 7.29. The molecule has 4 heteroatoms. The summed E-state index contributed by atoms with van der Waals surface area (Å²) in [5.74, 6) is 0. The van der Waals surface area contributed by atoms with E-state index in [-0.39, 0.29) is 0 Å². The number of rotatable bonds is 7. The van der Waals surface area contributed by atoms with E-state index in [0.717, 1.165) is 30.9 Å². The summed E-state index contributed by atoms with van der Waals surface area (Å²) < 4.78 is 2.11. The molecule has 0 aliphatic heterocycles. The molecule has 0 amide bonds. The predicted molar refractivity (Wildman–Crippen MR) is 80.7 cm³/mol. The number of imidazole rings is 1. The Balaban J connectivity index is 2.28. The summed E-state index contributed by atoms with van der Waals surface area (Å²) in [5.41, 5.74) is 8.92. The number of hydrogen-bond acceptors (Lipinski definition) is 3. The Kier molecular flexibility index (Phi) is 4.80. The first-order valence-electron chi connectivity index (χ1n) is 7.21. The van der Waals surface area contributed by atoms with Crippen LogP contribution in [0.4, 0.5) is 5.69 Å². The Morgan fingerprint density at radius 2 is 1.89 bits per heavy atom. The van der Waals surface area contributed by atoms with Crippen LogP contribution in [0.15, 0.2) is 24.5 Å². The van der Waals surface area contributed by atoms with Gasteiger partial charge in [-0.25, -0.2) is 4.98 Å². The third-order valence-corrected chi connectivity index (χ3v) is 3.24. The summed E-state index contributed by atoms with van der Waals surface area (Å²) in [7, 11) is 0. The third-order valence-electron chi connectivity index (χ3n) is 3.24. The Morgan fingerprint density at radius 3 is 2.53 bits per heavy atom. The number of fused-ring (bicyclic) bond motifs is 1. The summed E-state index contributed by atoms with van der Waals surface area (Å²) in [5, 5.41) is 0. The number of nitrogens with zero attached hydrogens (tertiary/aromatic N) is 3. The number of aromatic nitrogens is 2. The second-order valence-electron chi connectivity index (χ2n) is 4.91. The van der Waals surface area contributed by atoms with Crippen LogP contribution in [0.1, 0.15) is 32.4 Å². The number of anilines is 1. The van der Waals surface area contributed by atoms with Crippen molar-refractivity contribution in [3.63, 3.8) is 0 Å². The van der Waals surface area contributed by atoms with Crippen molar-refractivity contribution in [2.75, 3.05) is 24.5 Å². The molecule has 4 nitrogen and oxygen atoms in total. The highest BCUT2D eigenvalue weighted by atomic mass is 15.1. The molecule has 19 heavy (non-hydrogen) atoms. The van der Waals surface area contributed by atoms with E-state index < -0.39 is 0 Å². The van der Waals surface area contributed by atoms with Crippen molar-refractivity contribution in [1.29, 1.82) is 0 Å². The van der Waals surface area contributed by atoms with Gasteiger partial charge in [0.15, 0.2) is 0 Å². The minimum Gasteiger partial charge on any atom is -0.370 e. The zero-order valence-corrected chi connectivity index (χ0v) is 12.0. The number of nitrogens with two attached hydrogens (primary N) is 1. The zero-order valence-electron chi connectivity index (χ0n) is 12.0. The van der Waals surface area contributed by atoms with Crippen LogP contribution in [0.5, 0.6) is 0 Å². The Labute approximate surface area is 115 Å². The maximum Gasteiger partial charge on any atom is 0.137 e. The highest BCUT2D eigenvalue weighted by Crippen LogP contribution is 2.17. The molecule has 0 saturated heterocycles. The molecule has 0 unspecified atom stereocenters. The minimum atomic E-state index is 0.647. The molecule has 0 saturated carbocycles. The van der Waals surface area contributed by atoms with Gasteiger partial charge < -0.3 is 15.0 Å². The van der Waals surface area contributed by atoms with Gasteiger partial charge in [-0.3, -0.25) is 0 Å². The molecule has 0 aromatic carbocycles. The average Bonchev–Trinajstić information content (AvgIpc) is 2.80. The minimum absolute atomic E-state index is 0.647. The Hall–Kier alpha value is -1.55. The molecule has 104 valence electrons. The van der Waals surface area contributed by atoms with Crippen molar-refractivity contribution < 1.29 is 0 Å². The van der Waals surface area contributed by atoms with Crippen LogP contribution in [0.2, 0.25) is 0 Å². The fourth-order valence-electron chi connectivity index (χ4n) is 2.40. The van der Waals surface area contributed by atoms with Gasteiger partial charge in [0.1, 0.15) is 5.65 Å². The molecule has 0 bridgehead atoms. The van der Waals surface area contributed by atoms with Crippen LogP contribution in [0, 0.1) is 0 Å². The lowest BCUT2D eigenvalue weighted by Crippen LogP contribution is -2.25. The van der Waals surface area contributed by atoms with Gasteiger partial charge in [-0.05, 0) is 31.5 Å². The van der Waals surface area contributed by atoms with Gasteiger partial charge in [-0.1, -0.05) is 13.8 Å². The largest absolute Gasteiger partial charge is 0.370 e. The molecule has 2 aromatic heterocycles. The molecular weight excluding hydrogens is 236 g/mol. The van der Waals surface area contributed by atoms with E-state index in [9.17, 15) is 0 Å². The zero-order chi connectivity index (χ0) is 13.7. The van der Waals surface area contributed by atoms with E-state index in [2.05, 4.69) is 52.7 Å². The van der Waals surface area contributed by atoms with Crippen molar-refractivity contribution in [2.24, 2.45) is 5.73 Å². The van der Waals surface area contributed by atoms with Crippen LogP contribution in [-0.4, -0.2) is 29.0 Å². The Bertz CT molecular complexity index is 512. The van der Waals surface area contributed by atoms with Crippen molar-refractivity contribution in [2.45, 2.75) is 33.1 Å². The van der Waals surface area contributed by atoms with Gasteiger partial charge >= 0.3 is 0 Å². The fraction of sp³-hybridized carbons (Fsp3) is 0.533. The fourth-order valence-corrected chi connectivity index (χ4v) is 2.40. The van der Waals surface area contributed by atoms with Crippen molar-refractivity contribution in [3.8, 4) is 0 Å². The van der Waals surface area contributed by atoms with Crippen LogP contribution >= 0.6 is 0 Å². The lowest BCUT2D eigenvalue weighted by atomic mass is 10.3. The normalized spacial score (nSPS) is 11.1. The van der Waals surface area contributed by atoms with Gasteiger partial charge in [0, 0.05) is 31.9 Å². The van der Waals surface area contributed by atoms with E-state index in [1.807, 2.05) is 0 Å². The van der Waals surface area contributed by atoms with Crippen LogP contribution in [0.3, 0.4) is 0 Å². The standard InChI is InChI=1S/C15H24N4/c1-3-9-18(10-4-2)14-5-6-15-17-13(7-8-16)11-19(15)12-14/h5-6,11-12H,3-4,7-10,16H2,1-2H3. The first kappa shape index (κ1) is 13.9. The van der Waals surface area contributed by atoms with Crippen molar-refractivity contribution in [1.82, 2.24) is 9.38 Å². The predicted octanol–water partition coefficient (Wildman–Crippen LogP) is 2.46. The quantitative estimate of drug-likeness (QED) is 0.832. The Morgan fingerprint density at radius 1 is 1.16 bits per heavy atom. The van der Waals surface area contributed by atoms with Crippen LogP contribution in [0.25, 0.3) is 5.65 Å². The van der Waals surface area contributed by atoms with E-state index in [4.69, 9.17) is 5.73 Å². The first-order valence-corrected chi connectivity index (χ1v) is 7.21. The van der Waals surface area contributed by atoms with Crippen LogP contribution in [-0.2, 0) is 6.42 Å². The maximum atomic E-state index is 5.58. The maximum absolute atomic E-state index is 5.58. The van der Waals surface area contributed by atoms with E-state index in [1.54, 1.807) is 0 Å². The smallest absolute Gasteiger partial charge is 0.137 e. The molecule has 0 atom stereocenters. The average molecular weight is 260 g/mol. The number of pyridine rings is 1. The molecule has 2 rings (SSSR count). The molecule has 0 spiro atoms. The molecular formula is C15H24N4. The van der Waals surface area contributed by atoms with Crippen molar-refractivity contribution >= 4 is 11.3 Å². The lowest BCUT2D eigenvalue weighted by Gasteiger charge is -2.23. The van der Waals surface area contributed by atoms with E-state index in [1.165, 1.54) is 18.5 Å². The molecule has 0 fully saturated rings. The summed E-state index contributed by atoms with van der Waals surface area (Å²) in [6.07, 6.45) is 7.43.